The number of benzene rings is 3. The lowest BCUT2D eigenvalue weighted by molar-refractivity contribution is 0.0601. The van der Waals surface area contributed by atoms with E-state index in [-0.39, 0.29) is 26.9 Å². The van der Waals surface area contributed by atoms with E-state index in [1.54, 1.807) is 43.3 Å². The smallest absolute Gasteiger partial charge is 0.339 e. The molecular formula is C25H18Cl2N2O4S. The minimum absolute atomic E-state index is 0.0184. The largest absolute Gasteiger partial charge is 0.465 e. The van der Waals surface area contributed by atoms with E-state index < -0.39 is 16.0 Å². The Labute approximate surface area is 207 Å². The van der Waals surface area contributed by atoms with Crippen LogP contribution in [-0.4, -0.2) is 25.5 Å². The molecule has 34 heavy (non-hydrogen) atoms. The van der Waals surface area contributed by atoms with E-state index in [1.165, 1.54) is 35.3 Å². The Kier molecular flexibility index (Phi) is 6.41. The van der Waals surface area contributed by atoms with Crippen LogP contribution in [-0.2, 0) is 21.2 Å². The highest BCUT2D eigenvalue weighted by atomic mass is 35.5. The summed E-state index contributed by atoms with van der Waals surface area (Å²) in [7, 11) is -2.77. The Bertz CT molecular complexity index is 1590. The number of carbonyl (C=O) groups is 1. The highest BCUT2D eigenvalue weighted by Crippen LogP contribution is 2.35. The monoisotopic (exact) mass is 512 g/mol. The predicted molar refractivity (Wildman–Crippen MR) is 131 cm³/mol. The first-order valence-corrected chi connectivity index (χ1v) is 12.3. The molecular weight excluding hydrogens is 495 g/mol. The average Bonchev–Trinajstić information content (AvgIpc) is 3.22. The van der Waals surface area contributed by atoms with Gasteiger partial charge in [0.05, 0.1) is 39.7 Å². The number of aryl methyl sites for hydroxylation is 1. The summed E-state index contributed by atoms with van der Waals surface area (Å²) in [5, 5.41) is 10.4. The molecule has 0 radical (unpaired) electrons. The summed E-state index contributed by atoms with van der Waals surface area (Å²) in [6.07, 6.45) is 0.0184. The number of ether oxygens (including phenoxy) is 1. The second-order valence-corrected chi connectivity index (χ2v) is 10.1. The molecule has 9 heteroatoms. The van der Waals surface area contributed by atoms with Crippen molar-refractivity contribution in [2.75, 3.05) is 7.11 Å². The maximum absolute atomic E-state index is 13.7. The highest BCUT2D eigenvalue weighted by Gasteiger charge is 2.26. The molecule has 4 rings (SSSR count). The van der Waals surface area contributed by atoms with Gasteiger partial charge in [-0.15, -0.1) is 0 Å². The zero-order chi connectivity index (χ0) is 24.6. The first-order valence-electron chi connectivity index (χ1n) is 10.1. The minimum atomic E-state index is -4.01. The van der Waals surface area contributed by atoms with Crippen LogP contribution in [0.2, 0.25) is 10.0 Å². The number of nitriles is 1. The number of fused-ring (bicyclic) bond motifs is 1. The van der Waals surface area contributed by atoms with Crippen molar-refractivity contribution in [2.24, 2.45) is 0 Å². The Morgan fingerprint density at radius 2 is 1.79 bits per heavy atom. The van der Waals surface area contributed by atoms with Gasteiger partial charge in [-0.25, -0.2) is 17.2 Å². The topological polar surface area (TPSA) is 89.2 Å². The molecule has 0 aliphatic rings. The number of esters is 1. The Morgan fingerprint density at radius 3 is 2.44 bits per heavy atom. The predicted octanol–water partition coefficient (Wildman–Crippen LogP) is 5.74. The molecule has 0 aliphatic heterocycles. The third kappa shape index (κ3) is 3.94. The maximum Gasteiger partial charge on any atom is 0.339 e. The number of hydrogen-bond donors (Lipinski definition) is 0. The van der Waals surface area contributed by atoms with Gasteiger partial charge < -0.3 is 4.74 Å². The van der Waals surface area contributed by atoms with Gasteiger partial charge in [0.25, 0.3) is 10.0 Å². The van der Waals surface area contributed by atoms with Gasteiger partial charge >= 0.3 is 5.97 Å². The molecule has 4 aromatic rings. The second kappa shape index (κ2) is 9.15. The fourth-order valence-corrected chi connectivity index (χ4v) is 6.03. The van der Waals surface area contributed by atoms with Crippen molar-refractivity contribution in [1.82, 2.24) is 3.97 Å². The molecule has 0 spiro atoms. The lowest BCUT2D eigenvalue weighted by atomic mass is 10.0. The summed E-state index contributed by atoms with van der Waals surface area (Å²) in [6.45, 7) is 1.77. The van der Waals surface area contributed by atoms with Crippen LogP contribution in [0.25, 0.3) is 10.9 Å². The molecule has 172 valence electrons. The SMILES string of the molecule is COC(=O)c1ccc(Cl)c(Cc2cc3c(C)c(C#N)ccc3n2S(=O)(=O)c2ccccc2)c1Cl. The molecule has 0 N–H and O–H groups in total. The molecule has 0 saturated carbocycles. The fraction of sp³-hybridized carbons (Fsp3) is 0.120. The van der Waals surface area contributed by atoms with E-state index >= 15 is 0 Å². The van der Waals surface area contributed by atoms with Crippen molar-refractivity contribution < 1.29 is 17.9 Å². The Morgan fingerprint density at radius 1 is 1.09 bits per heavy atom. The van der Waals surface area contributed by atoms with E-state index in [1.807, 2.05) is 0 Å². The molecule has 0 bridgehead atoms. The van der Waals surface area contributed by atoms with Crippen LogP contribution in [0, 0.1) is 18.3 Å². The van der Waals surface area contributed by atoms with E-state index in [4.69, 9.17) is 27.9 Å². The molecule has 0 amide bonds. The van der Waals surface area contributed by atoms with Crippen molar-refractivity contribution in [3.05, 3.63) is 98.7 Å². The summed E-state index contributed by atoms with van der Waals surface area (Å²) in [6, 6.07) is 18.1. The molecule has 0 unspecified atom stereocenters. The third-order valence-corrected chi connectivity index (χ3v) is 8.20. The van der Waals surface area contributed by atoms with E-state index in [0.29, 0.717) is 33.3 Å². The molecule has 0 atom stereocenters. The van der Waals surface area contributed by atoms with Crippen molar-refractivity contribution in [2.45, 2.75) is 18.2 Å². The van der Waals surface area contributed by atoms with Crippen LogP contribution in [0.4, 0.5) is 0 Å². The zero-order valence-electron chi connectivity index (χ0n) is 18.2. The number of halogens is 2. The average molecular weight is 513 g/mol. The molecule has 0 aliphatic carbocycles. The Hall–Kier alpha value is -3.31. The minimum Gasteiger partial charge on any atom is -0.465 e. The third-order valence-electron chi connectivity index (χ3n) is 5.63. The zero-order valence-corrected chi connectivity index (χ0v) is 20.5. The second-order valence-electron chi connectivity index (χ2n) is 7.56. The molecule has 0 fully saturated rings. The van der Waals surface area contributed by atoms with Gasteiger partial charge in [0.2, 0.25) is 0 Å². The quantitative estimate of drug-likeness (QED) is 0.318. The number of nitrogens with zero attached hydrogens (tertiary/aromatic N) is 2. The van der Waals surface area contributed by atoms with E-state index in [0.717, 1.165) is 0 Å². The van der Waals surface area contributed by atoms with E-state index in [9.17, 15) is 18.5 Å². The van der Waals surface area contributed by atoms with Gasteiger partial charge in [-0.05, 0) is 60.5 Å². The van der Waals surface area contributed by atoms with Crippen molar-refractivity contribution >= 4 is 50.1 Å². The van der Waals surface area contributed by atoms with Gasteiger partial charge in [0, 0.05) is 22.5 Å². The molecule has 0 saturated heterocycles. The first-order chi connectivity index (χ1) is 16.2. The summed E-state index contributed by atoms with van der Waals surface area (Å²) in [5.74, 6) is -0.630. The summed E-state index contributed by atoms with van der Waals surface area (Å²) in [5.41, 5.74) is 2.41. The van der Waals surface area contributed by atoms with Gasteiger partial charge in [0.15, 0.2) is 0 Å². The highest BCUT2D eigenvalue weighted by molar-refractivity contribution is 7.90. The van der Waals surface area contributed by atoms with E-state index in [2.05, 4.69) is 6.07 Å². The van der Waals surface area contributed by atoms with Crippen LogP contribution < -0.4 is 0 Å². The number of carbonyl (C=O) groups excluding carboxylic acids is 1. The maximum atomic E-state index is 13.7. The Balaban J connectivity index is 2.01. The normalized spacial score (nSPS) is 11.4. The first kappa shape index (κ1) is 23.8. The van der Waals surface area contributed by atoms with Gasteiger partial charge in [-0.3, -0.25) is 0 Å². The van der Waals surface area contributed by atoms with Crippen LogP contribution >= 0.6 is 23.2 Å². The van der Waals surface area contributed by atoms with Crippen LogP contribution in [0.3, 0.4) is 0 Å². The molecule has 1 aromatic heterocycles. The number of aromatic nitrogens is 1. The summed E-state index contributed by atoms with van der Waals surface area (Å²) < 4.78 is 33.5. The van der Waals surface area contributed by atoms with Gasteiger partial charge in [-0.1, -0.05) is 41.4 Å². The van der Waals surface area contributed by atoms with Crippen LogP contribution in [0.15, 0.2) is 65.6 Å². The summed E-state index contributed by atoms with van der Waals surface area (Å²) >= 11 is 12.9. The van der Waals surface area contributed by atoms with Gasteiger partial charge in [-0.2, -0.15) is 5.26 Å². The molecule has 3 aromatic carbocycles. The lowest BCUT2D eigenvalue weighted by Crippen LogP contribution is -2.16. The van der Waals surface area contributed by atoms with Crippen LogP contribution in [0.5, 0.6) is 0 Å². The van der Waals surface area contributed by atoms with Gasteiger partial charge in [0.1, 0.15) is 0 Å². The standard InChI is InChI=1S/C25H18Cl2N2O4S/c1-15-16(14-28)8-11-23-20(15)12-17(29(23)34(31,32)18-6-4-3-5-7-18)13-21-22(26)10-9-19(24(21)27)25(30)33-2/h3-12H,13H2,1-2H3. The number of hydrogen-bond acceptors (Lipinski definition) is 5. The van der Waals surface area contributed by atoms with Crippen molar-refractivity contribution in [3.8, 4) is 6.07 Å². The summed E-state index contributed by atoms with van der Waals surface area (Å²) in [4.78, 5) is 12.2. The van der Waals surface area contributed by atoms with Crippen molar-refractivity contribution in [1.29, 1.82) is 5.26 Å². The van der Waals surface area contributed by atoms with Crippen molar-refractivity contribution in [3.63, 3.8) is 0 Å². The van der Waals surface area contributed by atoms with Crippen LogP contribution in [0.1, 0.15) is 32.7 Å². The number of methoxy groups -OCH3 is 1. The molecule has 1 heterocycles. The lowest BCUT2D eigenvalue weighted by Gasteiger charge is -2.15. The fourth-order valence-electron chi connectivity index (χ4n) is 3.89. The number of rotatable bonds is 5. The molecule has 6 nitrogen and oxygen atoms in total.